The summed E-state index contributed by atoms with van der Waals surface area (Å²) in [7, 11) is 0. The van der Waals surface area contributed by atoms with Gasteiger partial charge in [-0.1, -0.05) is 24.0 Å². The molecule has 0 heterocycles. The Kier molecular flexibility index (Phi) is 4.70. The van der Waals surface area contributed by atoms with Crippen LogP contribution in [0, 0.1) is 24.6 Å². The second kappa shape index (κ2) is 6.69. The summed E-state index contributed by atoms with van der Waals surface area (Å²) in [5, 5.41) is 11.5. The third kappa shape index (κ3) is 3.68. The van der Waals surface area contributed by atoms with Gasteiger partial charge in [0, 0.05) is 11.3 Å². The van der Waals surface area contributed by atoms with Crippen LogP contribution in [0.1, 0.15) is 21.5 Å². The summed E-state index contributed by atoms with van der Waals surface area (Å²) < 4.78 is 13.1. The van der Waals surface area contributed by atoms with Gasteiger partial charge in [-0.2, -0.15) is 0 Å². The number of anilines is 1. The predicted octanol–water partition coefficient (Wildman–Crippen LogP) is 2.73. The molecule has 2 rings (SSSR count). The minimum Gasteiger partial charge on any atom is -0.384 e. The average molecular weight is 283 g/mol. The van der Waals surface area contributed by atoms with E-state index in [1.54, 1.807) is 31.2 Å². The van der Waals surface area contributed by atoms with Gasteiger partial charge in [-0.15, -0.1) is 0 Å². The first-order valence-electron chi connectivity index (χ1n) is 6.38. The lowest BCUT2D eigenvalue weighted by Gasteiger charge is -2.09. The number of halogens is 1. The largest absolute Gasteiger partial charge is 0.384 e. The van der Waals surface area contributed by atoms with Crippen LogP contribution in [0.5, 0.6) is 0 Å². The fourth-order valence-electron chi connectivity index (χ4n) is 1.88. The molecule has 0 aliphatic carbocycles. The highest BCUT2D eigenvalue weighted by atomic mass is 19.1. The molecule has 106 valence electrons. The second-order valence-electron chi connectivity index (χ2n) is 4.42. The average Bonchev–Trinajstić information content (AvgIpc) is 2.48. The number of hydrogen-bond donors (Lipinski definition) is 2. The Morgan fingerprint density at radius 1 is 1.29 bits per heavy atom. The molecule has 4 heteroatoms. The summed E-state index contributed by atoms with van der Waals surface area (Å²) in [5.41, 5.74) is 2.12. The first kappa shape index (κ1) is 14.8. The van der Waals surface area contributed by atoms with Gasteiger partial charge in [-0.25, -0.2) is 4.39 Å². The van der Waals surface area contributed by atoms with Crippen LogP contribution in [0.15, 0.2) is 42.5 Å². The number of hydrogen-bond acceptors (Lipinski definition) is 2. The van der Waals surface area contributed by atoms with Crippen LogP contribution in [-0.2, 0) is 0 Å². The molecule has 2 aromatic rings. The lowest BCUT2D eigenvalue weighted by Crippen LogP contribution is -2.14. The number of benzene rings is 2. The molecule has 0 aliphatic rings. The van der Waals surface area contributed by atoms with Gasteiger partial charge < -0.3 is 10.4 Å². The molecule has 0 atom stereocenters. The summed E-state index contributed by atoms with van der Waals surface area (Å²) in [4.78, 5) is 12.3. The number of nitrogens with one attached hydrogen (secondary N) is 1. The van der Waals surface area contributed by atoms with E-state index in [9.17, 15) is 9.18 Å². The van der Waals surface area contributed by atoms with E-state index in [0.29, 0.717) is 22.4 Å². The Morgan fingerprint density at radius 3 is 2.76 bits per heavy atom. The van der Waals surface area contributed by atoms with Crippen LogP contribution in [-0.4, -0.2) is 17.6 Å². The minimum atomic E-state index is -0.347. The number of carbonyl (C=O) groups is 1. The molecule has 0 aliphatic heterocycles. The van der Waals surface area contributed by atoms with E-state index in [4.69, 9.17) is 5.11 Å². The van der Waals surface area contributed by atoms with Crippen molar-refractivity contribution < 1.29 is 14.3 Å². The van der Waals surface area contributed by atoms with Crippen molar-refractivity contribution in [2.45, 2.75) is 6.92 Å². The predicted molar refractivity (Wildman–Crippen MR) is 79.5 cm³/mol. The fourth-order valence-corrected chi connectivity index (χ4v) is 1.88. The van der Waals surface area contributed by atoms with Crippen molar-refractivity contribution in [3.05, 3.63) is 65.0 Å². The topological polar surface area (TPSA) is 49.3 Å². The summed E-state index contributed by atoms with van der Waals surface area (Å²) in [5.74, 6) is 4.58. The molecule has 0 saturated carbocycles. The molecule has 0 bridgehead atoms. The molecule has 0 unspecified atom stereocenters. The zero-order chi connectivity index (χ0) is 15.2. The highest BCUT2D eigenvalue weighted by Gasteiger charge is 2.11. The van der Waals surface area contributed by atoms with Gasteiger partial charge in [0.05, 0.1) is 5.56 Å². The molecule has 0 aromatic heterocycles. The molecule has 21 heavy (non-hydrogen) atoms. The highest BCUT2D eigenvalue weighted by Crippen LogP contribution is 2.17. The van der Waals surface area contributed by atoms with Crippen molar-refractivity contribution in [3.63, 3.8) is 0 Å². The van der Waals surface area contributed by atoms with Crippen molar-refractivity contribution in [3.8, 4) is 11.8 Å². The first-order valence-corrected chi connectivity index (χ1v) is 6.38. The lowest BCUT2D eigenvalue weighted by molar-refractivity contribution is 0.102. The Hall–Kier alpha value is -2.64. The molecule has 1 amide bonds. The number of rotatable bonds is 2. The van der Waals surface area contributed by atoms with Crippen LogP contribution in [0.4, 0.5) is 10.1 Å². The molecule has 2 N–H and O–H groups in total. The maximum atomic E-state index is 13.1. The van der Waals surface area contributed by atoms with Gasteiger partial charge in [-0.3, -0.25) is 4.79 Å². The Labute approximate surface area is 122 Å². The normalized spacial score (nSPS) is 9.67. The van der Waals surface area contributed by atoms with Crippen LogP contribution in [0.3, 0.4) is 0 Å². The summed E-state index contributed by atoms with van der Waals surface area (Å²) in [6.07, 6.45) is 0. The van der Waals surface area contributed by atoms with Gasteiger partial charge in [-0.05, 0) is 42.8 Å². The molecular formula is C17H14FNO2. The quantitative estimate of drug-likeness (QED) is 0.833. The Bertz CT molecular complexity index is 729. The van der Waals surface area contributed by atoms with Crippen molar-refractivity contribution in [1.82, 2.24) is 0 Å². The zero-order valence-electron chi connectivity index (χ0n) is 11.5. The maximum absolute atomic E-state index is 13.1. The number of carbonyl (C=O) groups excluding carboxylic acids is 1. The minimum absolute atomic E-state index is 0.271. The SMILES string of the molecule is Cc1cc(F)ccc1NC(=O)c1ccccc1C#CCO. The molecule has 0 fully saturated rings. The highest BCUT2D eigenvalue weighted by molar-refractivity contribution is 6.06. The van der Waals surface area contributed by atoms with Crippen molar-refractivity contribution in [2.24, 2.45) is 0 Å². The smallest absolute Gasteiger partial charge is 0.256 e. The molecule has 3 nitrogen and oxygen atoms in total. The third-order valence-corrected chi connectivity index (χ3v) is 2.91. The maximum Gasteiger partial charge on any atom is 0.256 e. The number of aliphatic hydroxyl groups excluding tert-OH is 1. The van der Waals surface area contributed by atoms with E-state index < -0.39 is 0 Å². The molecule has 0 spiro atoms. The lowest BCUT2D eigenvalue weighted by atomic mass is 10.1. The van der Waals surface area contributed by atoms with E-state index in [1.165, 1.54) is 18.2 Å². The monoisotopic (exact) mass is 283 g/mol. The van der Waals surface area contributed by atoms with Crippen LogP contribution in [0.25, 0.3) is 0 Å². The molecule has 0 radical (unpaired) electrons. The van der Waals surface area contributed by atoms with Crippen LogP contribution in [0.2, 0.25) is 0 Å². The van der Waals surface area contributed by atoms with Crippen molar-refractivity contribution in [1.29, 1.82) is 0 Å². The van der Waals surface area contributed by atoms with Gasteiger partial charge in [0.2, 0.25) is 0 Å². The van der Waals surface area contributed by atoms with E-state index in [0.717, 1.165) is 0 Å². The van der Waals surface area contributed by atoms with Crippen molar-refractivity contribution >= 4 is 11.6 Å². The number of aryl methyl sites for hydroxylation is 1. The Morgan fingerprint density at radius 2 is 2.05 bits per heavy atom. The second-order valence-corrected chi connectivity index (χ2v) is 4.42. The zero-order valence-corrected chi connectivity index (χ0v) is 11.5. The standard InChI is InChI=1S/C17H14FNO2/c1-12-11-14(18)8-9-16(12)19-17(21)15-7-3-2-5-13(15)6-4-10-20/h2-3,5,7-9,11,20H,10H2,1H3,(H,19,21). The number of amides is 1. The first-order chi connectivity index (χ1) is 10.1. The van der Waals surface area contributed by atoms with Gasteiger partial charge in [0.1, 0.15) is 12.4 Å². The number of aliphatic hydroxyl groups is 1. The molecule has 2 aromatic carbocycles. The van der Waals surface area contributed by atoms with Gasteiger partial charge >= 0.3 is 0 Å². The fraction of sp³-hybridized carbons (Fsp3) is 0.118. The van der Waals surface area contributed by atoms with E-state index >= 15 is 0 Å². The van der Waals surface area contributed by atoms with E-state index in [2.05, 4.69) is 17.2 Å². The summed E-state index contributed by atoms with van der Waals surface area (Å²) >= 11 is 0. The van der Waals surface area contributed by atoms with Gasteiger partial charge in [0.25, 0.3) is 5.91 Å². The summed E-state index contributed by atoms with van der Waals surface area (Å²) in [6.45, 7) is 1.45. The van der Waals surface area contributed by atoms with Gasteiger partial charge in [0.15, 0.2) is 0 Å². The third-order valence-electron chi connectivity index (χ3n) is 2.91. The summed E-state index contributed by atoms with van der Waals surface area (Å²) in [6, 6.07) is 11.0. The Balaban J connectivity index is 2.28. The van der Waals surface area contributed by atoms with Crippen LogP contribution < -0.4 is 5.32 Å². The molecule has 0 saturated heterocycles. The van der Waals surface area contributed by atoms with E-state index in [1.807, 2.05) is 0 Å². The van der Waals surface area contributed by atoms with Crippen LogP contribution >= 0.6 is 0 Å². The van der Waals surface area contributed by atoms with Crippen molar-refractivity contribution in [2.75, 3.05) is 11.9 Å². The molecular weight excluding hydrogens is 269 g/mol. The van der Waals surface area contributed by atoms with E-state index in [-0.39, 0.29) is 18.3 Å².